The van der Waals surface area contributed by atoms with Gasteiger partial charge in [-0.1, -0.05) is 19.1 Å². The fourth-order valence-corrected chi connectivity index (χ4v) is 6.45. The fraction of sp³-hybridized carbons (Fsp3) is 0.583. The summed E-state index contributed by atoms with van der Waals surface area (Å²) in [6.45, 7) is 6.03. The monoisotopic (exact) mass is 502 g/mol. The summed E-state index contributed by atoms with van der Waals surface area (Å²) in [7, 11) is 0. The molecule has 1 aromatic rings. The zero-order chi connectivity index (χ0) is 23.0. The molecule has 3 aliphatic carbocycles. The number of hydrogen-bond acceptors (Lipinski definition) is 4. The zero-order valence-electron chi connectivity index (χ0n) is 17.9. The van der Waals surface area contributed by atoms with E-state index in [2.05, 4.69) is 26.1 Å². The van der Waals surface area contributed by atoms with Crippen molar-refractivity contribution in [2.75, 3.05) is 6.26 Å². The minimum atomic E-state index is -2.09. The maximum Gasteiger partial charge on any atom is 0.341 e. The molecule has 0 spiro atoms. The van der Waals surface area contributed by atoms with Gasteiger partial charge in [0, 0.05) is 11.8 Å². The molecular weight excluding hydrogens is 475 g/mol. The van der Waals surface area contributed by atoms with Crippen molar-refractivity contribution >= 4 is 59.2 Å². The highest BCUT2D eigenvalue weighted by molar-refractivity contribution is 7.79. The van der Waals surface area contributed by atoms with E-state index in [1.165, 1.54) is 11.1 Å². The van der Waals surface area contributed by atoms with Gasteiger partial charge < -0.3 is 4.74 Å². The van der Waals surface area contributed by atoms with Crippen LogP contribution in [0.2, 0.25) is 0 Å². The lowest BCUT2D eigenvalue weighted by molar-refractivity contribution is -0.129. The van der Waals surface area contributed by atoms with Gasteiger partial charge in [0.1, 0.15) is 5.78 Å². The van der Waals surface area contributed by atoms with Crippen LogP contribution < -0.4 is 0 Å². The largest absolute Gasteiger partial charge is 0.411 e. The van der Waals surface area contributed by atoms with Gasteiger partial charge in [-0.05, 0) is 120 Å². The molecule has 7 heteroatoms. The van der Waals surface area contributed by atoms with E-state index in [1.54, 1.807) is 18.4 Å². The number of thiol groups is 1. The number of benzene rings is 1. The second-order valence-electron chi connectivity index (χ2n) is 8.82. The summed E-state index contributed by atoms with van der Waals surface area (Å²) < 4.78 is 2.88. The van der Waals surface area contributed by atoms with Gasteiger partial charge in [-0.25, -0.2) is 4.79 Å². The Morgan fingerprint density at radius 3 is 2.61 bits per heavy atom. The molecule has 0 radical (unpaired) electrons. The Labute approximate surface area is 205 Å². The normalized spacial score (nSPS) is 29.1. The molecule has 0 N–H and O–H groups in total. The molecule has 4 atom stereocenters. The Hall–Kier alpha value is -0.680. The minimum absolute atomic E-state index is 0.142. The summed E-state index contributed by atoms with van der Waals surface area (Å²) in [5.74, 6) is 1.25. The summed E-state index contributed by atoms with van der Waals surface area (Å²) in [5.41, 5.74) is 3.73. The van der Waals surface area contributed by atoms with Crippen molar-refractivity contribution in [3.63, 3.8) is 0 Å². The first kappa shape index (κ1) is 25.0. The summed E-state index contributed by atoms with van der Waals surface area (Å²) >= 11 is 20.5. The van der Waals surface area contributed by atoms with Gasteiger partial charge in [-0.2, -0.15) is 12.6 Å². The summed E-state index contributed by atoms with van der Waals surface area (Å²) in [6.07, 6.45) is 9.67. The molecular formula is C24H29Cl3O3S. The number of halogens is 3. The van der Waals surface area contributed by atoms with Gasteiger partial charge in [-0.15, -0.1) is 6.58 Å². The Morgan fingerprint density at radius 2 is 1.97 bits per heavy atom. The predicted molar refractivity (Wildman–Crippen MR) is 131 cm³/mol. The van der Waals surface area contributed by atoms with Gasteiger partial charge in [0.15, 0.2) is 0 Å². The Kier molecular flexibility index (Phi) is 7.78. The van der Waals surface area contributed by atoms with Crippen molar-refractivity contribution in [2.24, 2.45) is 17.3 Å². The molecule has 3 aliphatic rings. The van der Waals surface area contributed by atoms with Crippen molar-refractivity contribution in [3.05, 3.63) is 47.0 Å². The molecule has 0 bridgehead atoms. The number of Topliss-reactive ketones (excluding diaryl/α,β-unsaturated/α-hetero) is 1. The molecule has 0 amide bonds. The number of rotatable bonds is 3. The molecule has 1 aromatic carbocycles. The molecule has 2 fully saturated rings. The maximum absolute atomic E-state index is 12.6. The lowest BCUT2D eigenvalue weighted by Crippen LogP contribution is -2.42. The van der Waals surface area contributed by atoms with Crippen molar-refractivity contribution in [1.82, 2.24) is 0 Å². The van der Waals surface area contributed by atoms with Crippen LogP contribution in [0.4, 0.5) is 0 Å². The van der Waals surface area contributed by atoms with Crippen molar-refractivity contribution in [3.8, 4) is 0 Å². The van der Waals surface area contributed by atoms with Crippen LogP contribution in [-0.4, -0.2) is 22.0 Å². The van der Waals surface area contributed by atoms with E-state index < -0.39 is 9.95 Å². The summed E-state index contributed by atoms with van der Waals surface area (Å²) in [4.78, 5) is 25.1. The number of fused-ring (bicyclic) bond motifs is 5. The first-order chi connectivity index (χ1) is 14.7. The number of carbonyl (C=O) groups excluding carboxylic acids is 2. The molecule has 3 nitrogen and oxygen atoms in total. The average Bonchev–Trinajstić information content (AvgIpc) is 3.03. The molecule has 170 valence electrons. The molecule has 0 heterocycles. The Balaban J connectivity index is 0.00000132. The van der Waals surface area contributed by atoms with Gasteiger partial charge >= 0.3 is 9.95 Å². The summed E-state index contributed by atoms with van der Waals surface area (Å²) in [5, 5.41) is 0. The van der Waals surface area contributed by atoms with E-state index in [-0.39, 0.29) is 5.41 Å². The van der Waals surface area contributed by atoms with Crippen LogP contribution in [-0.2, 0) is 22.4 Å². The fourth-order valence-electron chi connectivity index (χ4n) is 6.24. The number of ketones is 1. The molecule has 2 saturated carbocycles. The SMILES string of the molecule is C=CCc1c(C(=O)OC(Cl)(Cl)Cl)ccc2c1CCC1C2CCC2(C)C(=O)CCC12.CS. The Bertz CT molecular complexity index is 880. The quantitative estimate of drug-likeness (QED) is 0.212. The molecule has 4 unspecified atom stereocenters. The number of carbonyl (C=O) groups is 2. The van der Waals surface area contributed by atoms with Crippen LogP contribution in [0, 0.1) is 17.3 Å². The Morgan fingerprint density at radius 1 is 1.26 bits per heavy atom. The second kappa shape index (κ2) is 9.67. The number of allylic oxidation sites excluding steroid dienone is 1. The van der Waals surface area contributed by atoms with Crippen molar-refractivity contribution in [2.45, 2.75) is 61.8 Å². The van der Waals surface area contributed by atoms with Crippen LogP contribution in [0.15, 0.2) is 24.8 Å². The van der Waals surface area contributed by atoms with E-state index in [9.17, 15) is 9.59 Å². The van der Waals surface area contributed by atoms with E-state index in [1.807, 2.05) is 6.07 Å². The third-order valence-electron chi connectivity index (χ3n) is 7.52. The third kappa shape index (κ3) is 4.69. The van der Waals surface area contributed by atoms with Crippen LogP contribution in [0.5, 0.6) is 0 Å². The van der Waals surface area contributed by atoms with Crippen molar-refractivity contribution in [1.29, 1.82) is 0 Å². The molecule has 4 rings (SSSR count). The number of hydrogen-bond donors (Lipinski definition) is 1. The van der Waals surface area contributed by atoms with Gasteiger partial charge in [0.25, 0.3) is 0 Å². The van der Waals surface area contributed by atoms with Gasteiger partial charge in [-0.3, -0.25) is 4.79 Å². The number of esters is 1. The highest BCUT2D eigenvalue weighted by Gasteiger charge is 2.54. The first-order valence-electron chi connectivity index (χ1n) is 10.7. The topological polar surface area (TPSA) is 43.4 Å². The maximum atomic E-state index is 12.6. The minimum Gasteiger partial charge on any atom is -0.411 e. The first-order valence-corrected chi connectivity index (χ1v) is 12.7. The second-order valence-corrected chi connectivity index (χ2v) is 11.0. The molecule has 0 aromatic heterocycles. The van der Waals surface area contributed by atoms with E-state index in [4.69, 9.17) is 39.5 Å². The molecule has 0 aliphatic heterocycles. The highest BCUT2D eigenvalue weighted by Crippen LogP contribution is 2.59. The number of ether oxygens (including phenoxy) is 1. The van der Waals surface area contributed by atoms with E-state index >= 15 is 0 Å². The highest BCUT2D eigenvalue weighted by atomic mass is 35.6. The van der Waals surface area contributed by atoms with Crippen LogP contribution in [0.3, 0.4) is 0 Å². The van der Waals surface area contributed by atoms with Crippen LogP contribution in [0.25, 0.3) is 0 Å². The van der Waals surface area contributed by atoms with Crippen molar-refractivity contribution < 1.29 is 14.3 Å². The smallest absolute Gasteiger partial charge is 0.341 e. The van der Waals surface area contributed by atoms with Gasteiger partial charge in [0.2, 0.25) is 0 Å². The zero-order valence-corrected chi connectivity index (χ0v) is 21.1. The summed E-state index contributed by atoms with van der Waals surface area (Å²) in [6, 6.07) is 3.85. The van der Waals surface area contributed by atoms with Crippen LogP contribution >= 0.6 is 47.4 Å². The van der Waals surface area contributed by atoms with Gasteiger partial charge in [0.05, 0.1) is 5.56 Å². The molecule has 0 saturated heterocycles. The average molecular weight is 504 g/mol. The molecule has 31 heavy (non-hydrogen) atoms. The van der Waals surface area contributed by atoms with E-state index in [0.717, 1.165) is 44.1 Å². The lowest BCUT2D eigenvalue weighted by atomic mass is 9.55. The van der Waals surface area contributed by atoms with E-state index in [0.29, 0.717) is 35.5 Å². The number of alkyl halides is 3. The third-order valence-corrected chi connectivity index (χ3v) is 7.75. The lowest BCUT2D eigenvalue weighted by Gasteiger charge is -2.48. The standard InChI is InChI=1S/C23H25Cl3O3.CH4S/c1-3-4-13-14-5-7-17-16(11-12-22(2)19(17)9-10-20(22)27)15(14)6-8-18(13)21(28)29-23(24,25)26;1-2/h3,6,8,16-17,19H,1,4-5,7,9-12H2,2H3;2H,1H3. The van der Waals surface area contributed by atoms with Crippen LogP contribution in [0.1, 0.15) is 72.0 Å². The predicted octanol–water partition coefficient (Wildman–Crippen LogP) is 6.87.